The number of benzene rings is 2. The number of aromatic nitrogens is 2. The molecule has 0 bridgehead atoms. The lowest BCUT2D eigenvalue weighted by atomic mass is 10.1. The van der Waals surface area contributed by atoms with Crippen LogP contribution in [0.5, 0.6) is 0 Å². The molecule has 3 rings (SSSR count). The minimum absolute atomic E-state index is 0.725. The van der Waals surface area contributed by atoms with Gasteiger partial charge in [0.25, 0.3) is 0 Å². The molecule has 0 radical (unpaired) electrons. The molecular formula is C21H25N5. The van der Waals surface area contributed by atoms with Crippen molar-refractivity contribution in [3.05, 3.63) is 89.7 Å². The summed E-state index contributed by atoms with van der Waals surface area (Å²) in [6.07, 6.45) is 4.76. The van der Waals surface area contributed by atoms with Crippen molar-refractivity contribution in [2.45, 2.75) is 19.5 Å². The topological polar surface area (TPSA) is 54.2 Å². The molecule has 0 aliphatic rings. The summed E-state index contributed by atoms with van der Waals surface area (Å²) in [5, 5.41) is 11.1. The second-order valence-electron chi connectivity index (χ2n) is 6.06. The van der Waals surface area contributed by atoms with Gasteiger partial charge in [-0.25, -0.2) is 0 Å². The lowest BCUT2D eigenvalue weighted by Gasteiger charge is -2.14. The highest BCUT2D eigenvalue weighted by Gasteiger charge is 2.04. The Morgan fingerprint density at radius 3 is 2.46 bits per heavy atom. The van der Waals surface area contributed by atoms with E-state index >= 15 is 0 Å². The monoisotopic (exact) mass is 347 g/mol. The second kappa shape index (κ2) is 9.42. The predicted molar refractivity (Wildman–Crippen MR) is 106 cm³/mol. The van der Waals surface area contributed by atoms with Crippen molar-refractivity contribution < 1.29 is 0 Å². The van der Waals surface area contributed by atoms with Crippen LogP contribution >= 0.6 is 0 Å². The van der Waals surface area contributed by atoms with Crippen LogP contribution in [0, 0.1) is 0 Å². The van der Waals surface area contributed by atoms with Crippen LogP contribution in [-0.2, 0) is 19.5 Å². The van der Waals surface area contributed by atoms with E-state index in [-0.39, 0.29) is 0 Å². The summed E-state index contributed by atoms with van der Waals surface area (Å²) >= 11 is 0. The van der Waals surface area contributed by atoms with Crippen molar-refractivity contribution in [1.82, 2.24) is 20.4 Å². The normalized spacial score (nSPS) is 11.3. The van der Waals surface area contributed by atoms with Crippen molar-refractivity contribution in [2.75, 3.05) is 13.6 Å². The van der Waals surface area contributed by atoms with Crippen LogP contribution in [0.2, 0.25) is 0 Å². The van der Waals surface area contributed by atoms with E-state index in [4.69, 9.17) is 0 Å². The second-order valence-corrected chi connectivity index (χ2v) is 6.06. The molecule has 0 aliphatic heterocycles. The highest BCUT2D eigenvalue weighted by atomic mass is 15.3. The molecule has 0 unspecified atom stereocenters. The van der Waals surface area contributed by atoms with Gasteiger partial charge in [-0.05, 0) is 29.2 Å². The van der Waals surface area contributed by atoms with Crippen LogP contribution < -0.4 is 10.6 Å². The van der Waals surface area contributed by atoms with E-state index in [1.165, 1.54) is 16.7 Å². The zero-order chi connectivity index (χ0) is 18.0. The first-order valence-electron chi connectivity index (χ1n) is 8.88. The molecule has 0 amide bonds. The number of hydrogen-bond acceptors (Lipinski definition) is 2. The van der Waals surface area contributed by atoms with E-state index in [1.54, 1.807) is 13.2 Å². The van der Waals surface area contributed by atoms with Crippen LogP contribution in [-0.4, -0.2) is 29.3 Å². The highest BCUT2D eigenvalue weighted by molar-refractivity contribution is 5.79. The van der Waals surface area contributed by atoms with Gasteiger partial charge in [0.1, 0.15) is 0 Å². The molecule has 0 fully saturated rings. The maximum Gasteiger partial charge on any atom is 0.191 e. The van der Waals surface area contributed by atoms with E-state index < -0.39 is 0 Å². The summed E-state index contributed by atoms with van der Waals surface area (Å²) in [5.74, 6) is 0.815. The number of nitrogens with zero attached hydrogens (tertiary/aromatic N) is 3. The number of rotatable bonds is 7. The number of guanidine groups is 1. The maximum absolute atomic E-state index is 4.32. The van der Waals surface area contributed by atoms with Gasteiger partial charge in [-0.2, -0.15) is 5.10 Å². The Bertz CT molecular complexity index is 809. The molecule has 26 heavy (non-hydrogen) atoms. The molecule has 0 saturated carbocycles. The predicted octanol–water partition coefficient (Wildman–Crippen LogP) is 2.84. The van der Waals surface area contributed by atoms with E-state index in [0.29, 0.717) is 0 Å². The van der Waals surface area contributed by atoms with Gasteiger partial charge in [-0.1, -0.05) is 54.6 Å². The number of aliphatic imine (C=N–C) groups is 1. The van der Waals surface area contributed by atoms with Gasteiger partial charge in [-0.3, -0.25) is 9.67 Å². The summed E-state index contributed by atoms with van der Waals surface area (Å²) in [4.78, 5) is 4.32. The molecule has 0 aliphatic carbocycles. The average molecular weight is 347 g/mol. The molecule has 2 N–H and O–H groups in total. The molecule has 2 aromatic carbocycles. The smallest absolute Gasteiger partial charge is 0.191 e. The first-order valence-corrected chi connectivity index (χ1v) is 8.88. The summed E-state index contributed by atoms with van der Waals surface area (Å²) < 4.78 is 1.94. The SMILES string of the molecule is CN=C(NCCc1ccccc1)NCc1ccccc1Cn1cccn1. The summed E-state index contributed by atoms with van der Waals surface area (Å²) in [7, 11) is 1.80. The van der Waals surface area contributed by atoms with E-state index in [1.807, 2.05) is 23.0 Å². The fourth-order valence-electron chi connectivity index (χ4n) is 2.82. The summed E-state index contributed by atoms with van der Waals surface area (Å²) in [6.45, 7) is 2.34. The van der Waals surface area contributed by atoms with Gasteiger partial charge in [0.05, 0.1) is 6.54 Å². The van der Waals surface area contributed by atoms with Crippen LogP contribution in [0.4, 0.5) is 0 Å². The number of hydrogen-bond donors (Lipinski definition) is 2. The molecule has 5 heteroatoms. The average Bonchev–Trinajstić information content (AvgIpc) is 3.19. The molecule has 0 spiro atoms. The van der Waals surface area contributed by atoms with Crippen molar-refractivity contribution >= 4 is 5.96 Å². The van der Waals surface area contributed by atoms with E-state index in [0.717, 1.165) is 32.0 Å². The third-order valence-corrected chi connectivity index (χ3v) is 4.23. The number of nitrogens with one attached hydrogen (secondary N) is 2. The molecule has 0 saturated heterocycles. The molecule has 134 valence electrons. The van der Waals surface area contributed by atoms with Gasteiger partial charge in [-0.15, -0.1) is 0 Å². The largest absolute Gasteiger partial charge is 0.356 e. The summed E-state index contributed by atoms with van der Waals surface area (Å²) in [5.41, 5.74) is 3.82. The van der Waals surface area contributed by atoms with Crippen molar-refractivity contribution in [1.29, 1.82) is 0 Å². The highest BCUT2D eigenvalue weighted by Crippen LogP contribution is 2.10. The van der Waals surface area contributed by atoms with Crippen molar-refractivity contribution in [3.8, 4) is 0 Å². The standard InChI is InChI=1S/C21H25N5/c1-22-21(23-14-12-18-8-3-2-4-9-18)24-16-19-10-5-6-11-20(19)17-26-15-7-13-25-26/h2-11,13,15H,12,14,16-17H2,1H3,(H2,22,23,24). The molecule has 3 aromatic rings. The first-order chi connectivity index (χ1) is 12.8. The maximum atomic E-state index is 4.32. The van der Waals surface area contributed by atoms with Crippen LogP contribution in [0.1, 0.15) is 16.7 Å². The fourth-order valence-corrected chi connectivity index (χ4v) is 2.82. The van der Waals surface area contributed by atoms with Crippen LogP contribution in [0.15, 0.2) is 78.0 Å². The lowest BCUT2D eigenvalue weighted by Crippen LogP contribution is -2.38. The minimum Gasteiger partial charge on any atom is -0.356 e. The molecule has 5 nitrogen and oxygen atoms in total. The first kappa shape index (κ1) is 17.7. The van der Waals surface area contributed by atoms with Gasteiger partial charge >= 0.3 is 0 Å². The molecule has 0 atom stereocenters. The third kappa shape index (κ3) is 5.21. The Kier molecular flexibility index (Phi) is 6.42. The van der Waals surface area contributed by atoms with E-state index in [9.17, 15) is 0 Å². The van der Waals surface area contributed by atoms with Gasteiger partial charge in [0.15, 0.2) is 5.96 Å². The molecule has 1 aromatic heterocycles. The summed E-state index contributed by atoms with van der Waals surface area (Å²) in [6, 6.07) is 20.8. The van der Waals surface area contributed by atoms with Gasteiger partial charge in [0.2, 0.25) is 0 Å². The Balaban J connectivity index is 1.52. The Morgan fingerprint density at radius 2 is 1.73 bits per heavy atom. The third-order valence-electron chi connectivity index (χ3n) is 4.23. The Labute approximate surface area is 154 Å². The van der Waals surface area contributed by atoms with Crippen LogP contribution in [0.3, 0.4) is 0 Å². The Hall–Kier alpha value is -3.08. The van der Waals surface area contributed by atoms with Crippen LogP contribution in [0.25, 0.3) is 0 Å². The molecule has 1 heterocycles. The van der Waals surface area contributed by atoms with Crippen molar-refractivity contribution in [2.24, 2.45) is 4.99 Å². The minimum atomic E-state index is 0.725. The van der Waals surface area contributed by atoms with Crippen molar-refractivity contribution in [3.63, 3.8) is 0 Å². The zero-order valence-electron chi connectivity index (χ0n) is 15.1. The quantitative estimate of drug-likeness (QED) is 0.510. The molecular weight excluding hydrogens is 322 g/mol. The Morgan fingerprint density at radius 1 is 0.962 bits per heavy atom. The van der Waals surface area contributed by atoms with Gasteiger partial charge in [0, 0.05) is 32.5 Å². The fraction of sp³-hybridized carbons (Fsp3) is 0.238. The zero-order valence-corrected chi connectivity index (χ0v) is 15.1. The van der Waals surface area contributed by atoms with E-state index in [2.05, 4.69) is 69.3 Å². The lowest BCUT2D eigenvalue weighted by molar-refractivity contribution is 0.677. The van der Waals surface area contributed by atoms with Gasteiger partial charge < -0.3 is 10.6 Å².